The maximum Gasteiger partial charge on any atom is 0.325 e. The van der Waals surface area contributed by atoms with Crippen molar-refractivity contribution in [2.24, 2.45) is 0 Å². The molecule has 0 spiro atoms. The van der Waals surface area contributed by atoms with Gasteiger partial charge in [-0.3, -0.25) is 4.79 Å². The fraction of sp³-hybridized carbons (Fsp3) is 0.385. The van der Waals surface area contributed by atoms with Crippen LogP contribution in [0.3, 0.4) is 0 Å². The first-order valence-electron chi connectivity index (χ1n) is 6.06. The molecule has 0 aliphatic heterocycles. The molecule has 0 bridgehead atoms. The van der Waals surface area contributed by atoms with Crippen molar-refractivity contribution in [3.05, 3.63) is 24.3 Å². The number of hydrogen-bond donors (Lipinski definition) is 3. The Morgan fingerprint density at radius 3 is 2.47 bits per heavy atom. The second-order valence-corrected chi connectivity index (χ2v) is 4.03. The maximum atomic E-state index is 11.5. The van der Waals surface area contributed by atoms with E-state index in [4.69, 9.17) is 9.84 Å². The van der Waals surface area contributed by atoms with Gasteiger partial charge in [0.15, 0.2) is 0 Å². The quantitative estimate of drug-likeness (QED) is 0.735. The van der Waals surface area contributed by atoms with E-state index in [1.165, 1.54) is 6.92 Å². The molecule has 0 saturated carbocycles. The third kappa shape index (κ3) is 5.29. The molecule has 0 heterocycles. The molecule has 19 heavy (non-hydrogen) atoms. The normalized spacial score (nSPS) is 11.5. The molecule has 0 aromatic heterocycles. The first kappa shape index (κ1) is 14.8. The number of rotatable bonds is 6. The van der Waals surface area contributed by atoms with Crippen molar-refractivity contribution >= 4 is 17.7 Å². The highest BCUT2D eigenvalue weighted by Crippen LogP contribution is 2.15. The van der Waals surface area contributed by atoms with Crippen molar-refractivity contribution in [2.45, 2.75) is 26.3 Å². The fourth-order valence-electron chi connectivity index (χ4n) is 1.28. The predicted molar refractivity (Wildman–Crippen MR) is 71.5 cm³/mol. The number of amides is 2. The van der Waals surface area contributed by atoms with E-state index < -0.39 is 18.0 Å². The lowest BCUT2D eigenvalue weighted by Gasteiger charge is -2.11. The molecule has 1 atom stereocenters. The van der Waals surface area contributed by atoms with Crippen LogP contribution in [0.2, 0.25) is 0 Å². The summed E-state index contributed by atoms with van der Waals surface area (Å²) in [6.07, 6.45) is 0.926. The van der Waals surface area contributed by atoms with Gasteiger partial charge in [0, 0.05) is 5.69 Å². The van der Waals surface area contributed by atoms with Gasteiger partial charge in [0.2, 0.25) is 0 Å². The molecule has 3 N–H and O–H groups in total. The van der Waals surface area contributed by atoms with Crippen LogP contribution in [0.15, 0.2) is 24.3 Å². The van der Waals surface area contributed by atoms with Gasteiger partial charge in [0.25, 0.3) is 0 Å². The topological polar surface area (TPSA) is 87.7 Å². The second kappa shape index (κ2) is 7.25. The minimum atomic E-state index is -1.08. The smallest absolute Gasteiger partial charge is 0.325 e. The van der Waals surface area contributed by atoms with Gasteiger partial charge in [-0.1, -0.05) is 6.92 Å². The number of urea groups is 1. The molecule has 0 aliphatic carbocycles. The maximum absolute atomic E-state index is 11.5. The summed E-state index contributed by atoms with van der Waals surface area (Å²) in [5, 5.41) is 13.5. The monoisotopic (exact) mass is 266 g/mol. The lowest BCUT2D eigenvalue weighted by Crippen LogP contribution is -2.40. The summed E-state index contributed by atoms with van der Waals surface area (Å²) in [6.45, 7) is 4.05. The Balaban J connectivity index is 2.48. The highest BCUT2D eigenvalue weighted by atomic mass is 16.5. The SMILES string of the molecule is CCCOc1ccc(NC(=O)N[C@H](C)C(=O)O)cc1. The molecule has 1 aromatic rings. The molecular formula is C13H18N2O4. The Labute approximate surface area is 111 Å². The van der Waals surface area contributed by atoms with Crippen LogP contribution >= 0.6 is 0 Å². The Bertz CT molecular complexity index is 431. The number of nitrogens with one attached hydrogen (secondary N) is 2. The van der Waals surface area contributed by atoms with E-state index >= 15 is 0 Å². The summed E-state index contributed by atoms with van der Waals surface area (Å²) in [7, 11) is 0. The molecule has 0 fully saturated rings. The van der Waals surface area contributed by atoms with E-state index in [0.29, 0.717) is 12.3 Å². The summed E-state index contributed by atoms with van der Waals surface area (Å²) in [4.78, 5) is 22.0. The van der Waals surface area contributed by atoms with Crippen LogP contribution in [-0.2, 0) is 4.79 Å². The summed E-state index contributed by atoms with van der Waals surface area (Å²) in [6, 6.07) is 5.37. The molecule has 0 radical (unpaired) electrons. The third-order valence-electron chi connectivity index (χ3n) is 2.30. The average Bonchev–Trinajstić information content (AvgIpc) is 2.37. The Kier molecular flexibility index (Phi) is 5.66. The molecule has 1 aromatic carbocycles. The van der Waals surface area contributed by atoms with Gasteiger partial charge in [-0.25, -0.2) is 4.79 Å². The molecule has 2 amide bonds. The van der Waals surface area contributed by atoms with E-state index in [-0.39, 0.29) is 0 Å². The predicted octanol–water partition coefficient (Wildman–Crippen LogP) is 2.07. The van der Waals surface area contributed by atoms with Gasteiger partial charge < -0.3 is 20.5 Å². The number of carboxylic acid groups (broad SMARTS) is 1. The van der Waals surface area contributed by atoms with Crippen LogP contribution in [0, 0.1) is 0 Å². The summed E-state index contributed by atoms with van der Waals surface area (Å²) < 4.78 is 5.41. The van der Waals surface area contributed by atoms with Crippen LogP contribution in [0.5, 0.6) is 5.75 Å². The highest BCUT2D eigenvalue weighted by Gasteiger charge is 2.13. The largest absolute Gasteiger partial charge is 0.494 e. The Morgan fingerprint density at radius 1 is 1.32 bits per heavy atom. The minimum Gasteiger partial charge on any atom is -0.494 e. The number of carbonyl (C=O) groups is 2. The van der Waals surface area contributed by atoms with Crippen LogP contribution in [0.4, 0.5) is 10.5 Å². The lowest BCUT2D eigenvalue weighted by atomic mass is 10.3. The van der Waals surface area contributed by atoms with E-state index in [1.54, 1.807) is 24.3 Å². The van der Waals surface area contributed by atoms with Crippen molar-refractivity contribution in [1.82, 2.24) is 5.32 Å². The zero-order valence-corrected chi connectivity index (χ0v) is 11.0. The number of benzene rings is 1. The Morgan fingerprint density at radius 2 is 1.95 bits per heavy atom. The zero-order chi connectivity index (χ0) is 14.3. The van der Waals surface area contributed by atoms with E-state index in [9.17, 15) is 9.59 Å². The van der Waals surface area contributed by atoms with Crippen LogP contribution in [0.1, 0.15) is 20.3 Å². The highest BCUT2D eigenvalue weighted by molar-refractivity contribution is 5.92. The first-order chi connectivity index (χ1) is 9.02. The molecule has 6 nitrogen and oxygen atoms in total. The summed E-state index contributed by atoms with van der Waals surface area (Å²) in [5.74, 6) is -0.356. The van der Waals surface area contributed by atoms with Crippen LogP contribution < -0.4 is 15.4 Å². The zero-order valence-electron chi connectivity index (χ0n) is 11.0. The lowest BCUT2D eigenvalue weighted by molar-refractivity contribution is -0.138. The van der Waals surface area contributed by atoms with Crippen molar-refractivity contribution in [2.75, 3.05) is 11.9 Å². The molecule has 0 unspecified atom stereocenters. The second-order valence-electron chi connectivity index (χ2n) is 4.03. The number of anilines is 1. The third-order valence-corrected chi connectivity index (χ3v) is 2.30. The molecule has 6 heteroatoms. The number of hydrogen-bond acceptors (Lipinski definition) is 3. The van der Waals surface area contributed by atoms with Gasteiger partial charge in [-0.15, -0.1) is 0 Å². The molecule has 0 saturated heterocycles. The average molecular weight is 266 g/mol. The number of carboxylic acids is 1. The minimum absolute atomic E-state index is 0.558. The van der Waals surface area contributed by atoms with Crippen molar-refractivity contribution in [3.63, 3.8) is 0 Å². The van der Waals surface area contributed by atoms with Crippen molar-refractivity contribution in [3.8, 4) is 5.75 Å². The van der Waals surface area contributed by atoms with E-state index in [0.717, 1.165) is 12.2 Å². The molecule has 104 valence electrons. The molecule has 0 aliphatic rings. The van der Waals surface area contributed by atoms with Gasteiger partial charge in [-0.05, 0) is 37.6 Å². The standard InChI is InChI=1S/C13H18N2O4/c1-3-8-19-11-6-4-10(5-7-11)15-13(18)14-9(2)12(16)17/h4-7,9H,3,8H2,1-2H3,(H,16,17)(H2,14,15,18)/t9-/m1/s1. The molecular weight excluding hydrogens is 248 g/mol. The Hall–Kier alpha value is -2.24. The number of carbonyl (C=O) groups excluding carboxylic acids is 1. The number of ether oxygens (including phenoxy) is 1. The molecule has 1 rings (SSSR count). The summed E-state index contributed by atoms with van der Waals surface area (Å²) >= 11 is 0. The first-order valence-corrected chi connectivity index (χ1v) is 6.06. The van der Waals surface area contributed by atoms with Crippen molar-refractivity contribution < 1.29 is 19.4 Å². The van der Waals surface area contributed by atoms with Gasteiger partial charge in [0.1, 0.15) is 11.8 Å². The summed E-state index contributed by atoms with van der Waals surface area (Å²) in [5.41, 5.74) is 0.568. The van der Waals surface area contributed by atoms with Gasteiger partial charge in [-0.2, -0.15) is 0 Å². The fourth-order valence-corrected chi connectivity index (χ4v) is 1.28. The van der Waals surface area contributed by atoms with E-state index in [1.807, 2.05) is 6.92 Å². The van der Waals surface area contributed by atoms with Crippen molar-refractivity contribution in [1.29, 1.82) is 0 Å². The van der Waals surface area contributed by atoms with Gasteiger partial charge >= 0.3 is 12.0 Å². The van der Waals surface area contributed by atoms with Gasteiger partial charge in [0.05, 0.1) is 6.61 Å². The van der Waals surface area contributed by atoms with E-state index in [2.05, 4.69) is 10.6 Å². The number of aliphatic carboxylic acids is 1. The van der Waals surface area contributed by atoms with Crippen LogP contribution in [0.25, 0.3) is 0 Å². The van der Waals surface area contributed by atoms with Crippen LogP contribution in [-0.4, -0.2) is 29.8 Å².